The number of fused-ring (bicyclic) bond motifs is 1. The molecule has 4 nitrogen and oxygen atoms in total. The summed E-state index contributed by atoms with van der Waals surface area (Å²) in [6.45, 7) is 4.00. The van der Waals surface area contributed by atoms with Crippen molar-refractivity contribution in [2.24, 2.45) is 21.6 Å². The van der Waals surface area contributed by atoms with Crippen molar-refractivity contribution in [1.82, 2.24) is 0 Å². The van der Waals surface area contributed by atoms with E-state index in [-0.39, 0.29) is 11.7 Å². The number of aliphatic imine (C=N–C) groups is 1. The largest absolute Gasteiger partial charge is 0.386 e. The summed E-state index contributed by atoms with van der Waals surface area (Å²) in [6, 6.07) is 10.7. The summed E-state index contributed by atoms with van der Waals surface area (Å²) in [4.78, 5) is 4.61. The fourth-order valence-corrected chi connectivity index (χ4v) is 7.16. The minimum Gasteiger partial charge on any atom is -0.386 e. The number of nitrogens with zero attached hydrogens (tertiary/aromatic N) is 3. The molecule has 0 unspecified atom stereocenters. The van der Waals surface area contributed by atoms with Gasteiger partial charge in [0.1, 0.15) is 22.5 Å². The zero-order valence-corrected chi connectivity index (χ0v) is 15.0. The molecule has 0 aromatic heterocycles. The molecule has 24 heavy (non-hydrogen) atoms. The molecule has 0 radical (unpaired) electrons. The molecular formula is C17H17FN4S2. The van der Waals surface area contributed by atoms with Crippen LogP contribution in [0.15, 0.2) is 29.3 Å². The fraction of sp³-hybridized carbons (Fsp3) is 0.471. The smallest absolute Gasteiger partial charge is 0.175 e. The molecular weight excluding hydrogens is 343 g/mol. The van der Waals surface area contributed by atoms with Gasteiger partial charge >= 0.3 is 0 Å². The molecule has 1 aromatic carbocycles. The van der Waals surface area contributed by atoms with Gasteiger partial charge in [0.25, 0.3) is 0 Å². The standard InChI is InChI=1S/C17H17FN4S2/c1-3-23-17(24-4-2)16(10-20)13(11-5-7-12(18)8-6-11)15(16,9-19)14(21)22-17/h5-8,13H,3-4H2,1-2H3,(H2,21,22)/t13-,15-,16+/m0/s1. The van der Waals surface area contributed by atoms with E-state index in [4.69, 9.17) is 5.73 Å². The summed E-state index contributed by atoms with van der Waals surface area (Å²) < 4.78 is 12.5. The number of hydrogen-bond donors (Lipinski definition) is 1. The van der Waals surface area contributed by atoms with Crippen LogP contribution in [0.2, 0.25) is 0 Å². The van der Waals surface area contributed by atoms with Gasteiger partial charge in [0.2, 0.25) is 0 Å². The maximum atomic E-state index is 13.3. The van der Waals surface area contributed by atoms with Crippen molar-refractivity contribution in [3.05, 3.63) is 35.6 Å². The van der Waals surface area contributed by atoms with Crippen LogP contribution >= 0.6 is 23.5 Å². The van der Waals surface area contributed by atoms with Crippen molar-refractivity contribution in [2.45, 2.75) is 24.0 Å². The number of thioether (sulfide) groups is 2. The number of benzene rings is 1. The highest BCUT2D eigenvalue weighted by atomic mass is 32.2. The van der Waals surface area contributed by atoms with E-state index in [0.29, 0.717) is 0 Å². The lowest BCUT2D eigenvalue weighted by molar-refractivity contribution is 0.563. The molecule has 0 amide bonds. The molecule has 1 aliphatic carbocycles. The number of amidine groups is 1. The van der Waals surface area contributed by atoms with Crippen molar-refractivity contribution in [2.75, 3.05) is 11.5 Å². The number of halogens is 1. The highest BCUT2D eigenvalue weighted by molar-refractivity contribution is 8.18. The zero-order valence-electron chi connectivity index (χ0n) is 13.4. The maximum Gasteiger partial charge on any atom is 0.175 e. The molecule has 2 N–H and O–H groups in total. The minimum atomic E-state index is -1.14. The van der Waals surface area contributed by atoms with Gasteiger partial charge in [-0.05, 0) is 29.2 Å². The van der Waals surface area contributed by atoms with Crippen molar-refractivity contribution in [3.8, 4) is 12.1 Å². The van der Waals surface area contributed by atoms with Crippen molar-refractivity contribution in [3.63, 3.8) is 0 Å². The SMILES string of the molecule is CCSC1(SCC)N=C(N)[C@]2(C#N)[C@H](c3ccc(F)cc3)[C@@]12C#N. The van der Waals surface area contributed by atoms with Crippen LogP contribution in [0.3, 0.4) is 0 Å². The van der Waals surface area contributed by atoms with Gasteiger partial charge in [0.15, 0.2) is 4.20 Å². The van der Waals surface area contributed by atoms with E-state index < -0.39 is 21.0 Å². The van der Waals surface area contributed by atoms with E-state index in [1.807, 2.05) is 13.8 Å². The second-order valence-corrected chi connectivity index (χ2v) is 8.94. The summed E-state index contributed by atoms with van der Waals surface area (Å²) in [5.41, 5.74) is 4.79. The van der Waals surface area contributed by atoms with Gasteiger partial charge < -0.3 is 5.73 Å². The lowest BCUT2D eigenvalue weighted by atomic mass is 9.97. The van der Waals surface area contributed by atoms with Crippen molar-refractivity contribution in [1.29, 1.82) is 10.5 Å². The van der Waals surface area contributed by atoms with Crippen molar-refractivity contribution < 1.29 is 4.39 Å². The van der Waals surface area contributed by atoms with Gasteiger partial charge in [-0.3, -0.25) is 0 Å². The number of nitrogens with two attached hydrogens (primary N) is 1. The third-order valence-corrected chi connectivity index (χ3v) is 7.70. The lowest BCUT2D eigenvalue weighted by Crippen LogP contribution is -2.31. The predicted molar refractivity (Wildman–Crippen MR) is 95.9 cm³/mol. The van der Waals surface area contributed by atoms with Gasteiger partial charge in [0, 0.05) is 5.92 Å². The van der Waals surface area contributed by atoms with Crippen LogP contribution in [0, 0.1) is 39.3 Å². The van der Waals surface area contributed by atoms with E-state index in [1.165, 1.54) is 12.1 Å². The number of hydrogen-bond acceptors (Lipinski definition) is 6. The Morgan fingerprint density at radius 3 is 2.21 bits per heavy atom. The van der Waals surface area contributed by atoms with E-state index in [9.17, 15) is 14.9 Å². The molecule has 124 valence electrons. The molecule has 0 bridgehead atoms. The van der Waals surface area contributed by atoms with Gasteiger partial charge in [-0.25, -0.2) is 9.38 Å². The molecule has 0 spiro atoms. The molecule has 1 aromatic rings. The predicted octanol–water partition coefficient (Wildman–Crippen LogP) is 3.47. The Morgan fingerprint density at radius 1 is 1.17 bits per heavy atom. The molecule has 3 rings (SSSR count). The average Bonchev–Trinajstić information content (AvgIpc) is 3.15. The van der Waals surface area contributed by atoms with E-state index in [0.717, 1.165) is 17.1 Å². The highest BCUT2D eigenvalue weighted by Gasteiger charge is 2.91. The normalized spacial score (nSPS) is 32.4. The van der Waals surface area contributed by atoms with Crippen LogP contribution in [0.5, 0.6) is 0 Å². The number of nitriles is 2. The second-order valence-electron chi connectivity index (χ2n) is 5.77. The average molecular weight is 360 g/mol. The van der Waals surface area contributed by atoms with Crippen LogP contribution in [0.4, 0.5) is 4.39 Å². The van der Waals surface area contributed by atoms with Gasteiger partial charge in [-0.1, -0.05) is 26.0 Å². The second kappa shape index (κ2) is 5.68. The zero-order chi connectivity index (χ0) is 17.6. The van der Waals surface area contributed by atoms with E-state index in [2.05, 4.69) is 17.1 Å². The summed E-state index contributed by atoms with van der Waals surface area (Å²) in [5, 5.41) is 20.1. The molecule has 3 atom stereocenters. The summed E-state index contributed by atoms with van der Waals surface area (Å²) in [6.07, 6.45) is 0. The van der Waals surface area contributed by atoms with Gasteiger partial charge in [-0.2, -0.15) is 10.5 Å². The Morgan fingerprint density at radius 2 is 1.75 bits per heavy atom. The van der Waals surface area contributed by atoms with Gasteiger partial charge in [0.05, 0.1) is 12.1 Å². The van der Waals surface area contributed by atoms with Crippen LogP contribution in [-0.4, -0.2) is 21.5 Å². The van der Waals surface area contributed by atoms with E-state index in [1.54, 1.807) is 35.7 Å². The molecule has 1 fully saturated rings. The van der Waals surface area contributed by atoms with E-state index >= 15 is 0 Å². The molecule has 7 heteroatoms. The first-order valence-corrected chi connectivity index (χ1v) is 9.68. The highest BCUT2D eigenvalue weighted by Crippen LogP contribution is 2.85. The molecule has 1 aliphatic heterocycles. The number of rotatable bonds is 5. The fourth-order valence-electron chi connectivity index (χ4n) is 3.90. The van der Waals surface area contributed by atoms with Crippen LogP contribution < -0.4 is 5.73 Å². The molecule has 0 saturated heterocycles. The summed E-state index contributed by atoms with van der Waals surface area (Å²) in [7, 11) is 0. The van der Waals surface area contributed by atoms with Gasteiger partial charge in [-0.15, -0.1) is 23.5 Å². The van der Waals surface area contributed by atoms with Crippen LogP contribution in [-0.2, 0) is 0 Å². The first kappa shape index (κ1) is 17.1. The Kier molecular flexibility index (Phi) is 4.06. The topological polar surface area (TPSA) is 86.0 Å². The van der Waals surface area contributed by atoms with Crippen LogP contribution in [0.25, 0.3) is 0 Å². The first-order chi connectivity index (χ1) is 11.5. The third kappa shape index (κ3) is 1.77. The summed E-state index contributed by atoms with van der Waals surface area (Å²) >= 11 is 3.10. The molecule has 1 saturated carbocycles. The van der Waals surface area contributed by atoms with Crippen LogP contribution in [0.1, 0.15) is 25.3 Å². The van der Waals surface area contributed by atoms with Crippen molar-refractivity contribution >= 4 is 29.4 Å². The Bertz CT molecular complexity index is 773. The minimum absolute atomic E-state index is 0.225. The monoisotopic (exact) mass is 360 g/mol. The lowest BCUT2D eigenvalue weighted by Gasteiger charge is -2.31. The summed E-state index contributed by atoms with van der Waals surface area (Å²) in [5.74, 6) is 0.995. The Balaban J connectivity index is 2.21. The maximum absolute atomic E-state index is 13.3. The first-order valence-electron chi connectivity index (χ1n) is 7.71. The molecule has 2 aliphatic rings. The molecule has 1 heterocycles. The Hall–Kier alpha value is -1.70. The quantitative estimate of drug-likeness (QED) is 0.813. The third-order valence-electron chi connectivity index (χ3n) is 4.81. The Labute approximate surface area is 149 Å².